The molecule has 1 aromatic rings. The summed E-state index contributed by atoms with van der Waals surface area (Å²) in [5.41, 5.74) is 2.22. The number of hydrogen-bond donors (Lipinski definition) is 2. The lowest BCUT2D eigenvalue weighted by atomic mass is 9.93. The smallest absolute Gasteiger partial charge is 0.407 e. The van der Waals surface area contributed by atoms with Gasteiger partial charge in [-0.05, 0) is 17.5 Å². The van der Waals surface area contributed by atoms with Gasteiger partial charge in [-0.2, -0.15) is 0 Å². The van der Waals surface area contributed by atoms with Gasteiger partial charge in [-0.25, -0.2) is 4.79 Å². The molecule has 0 bridgehead atoms. The average Bonchev–Trinajstić information content (AvgIpc) is 2.83. The molecule has 106 valence electrons. The lowest BCUT2D eigenvalue weighted by molar-refractivity contribution is -0.144. The normalized spacial score (nSPS) is 25.7. The van der Waals surface area contributed by atoms with Gasteiger partial charge in [0.05, 0.1) is 6.54 Å². The summed E-state index contributed by atoms with van der Waals surface area (Å²) in [6.07, 6.45) is -0.228. The zero-order valence-corrected chi connectivity index (χ0v) is 10.9. The van der Waals surface area contributed by atoms with Crippen molar-refractivity contribution in [2.75, 3.05) is 13.1 Å². The highest BCUT2D eigenvalue weighted by molar-refractivity contribution is 5.74. The van der Waals surface area contributed by atoms with Gasteiger partial charge in [-0.15, -0.1) is 0 Å². The van der Waals surface area contributed by atoms with Crippen molar-refractivity contribution >= 4 is 12.1 Å². The Hall–Kier alpha value is -2.08. The van der Waals surface area contributed by atoms with Gasteiger partial charge in [-0.3, -0.25) is 9.69 Å². The lowest BCUT2D eigenvalue weighted by Gasteiger charge is -2.35. The van der Waals surface area contributed by atoms with Gasteiger partial charge >= 0.3 is 12.1 Å². The van der Waals surface area contributed by atoms with Crippen LogP contribution in [-0.2, 0) is 22.5 Å². The maximum Gasteiger partial charge on any atom is 0.407 e. The summed E-state index contributed by atoms with van der Waals surface area (Å²) < 4.78 is 5.10. The summed E-state index contributed by atoms with van der Waals surface area (Å²) in [6.45, 7) is 1.44. The summed E-state index contributed by atoms with van der Waals surface area (Å²) >= 11 is 0. The quantitative estimate of drug-likeness (QED) is 0.845. The van der Waals surface area contributed by atoms with Gasteiger partial charge in [0.25, 0.3) is 0 Å². The molecule has 6 heteroatoms. The largest absolute Gasteiger partial charge is 0.480 e. The van der Waals surface area contributed by atoms with E-state index in [1.807, 2.05) is 29.2 Å². The first-order valence-electron chi connectivity index (χ1n) is 6.61. The zero-order chi connectivity index (χ0) is 14.1. The molecule has 2 aliphatic heterocycles. The topological polar surface area (TPSA) is 78.9 Å². The number of carbonyl (C=O) groups excluding carboxylic acids is 1. The first kappa shape index (κ1) is 12.9. The van der Waals surface area contributed by atoms with Crippen molar-refractivity contribution in [2.45, 2.75) is 25.1 Å². The van der Waals surface area contributed by atoms with Crippen LogP contribution < -0.4 is 5.32 Å². The molecule has 2 N–H and O–H groups in total. The van der Waals surface area contributed by atoms with Crippen LogP contribution in [0.5, 0.6) is 0 Å². The number of cyclic esters (lactones) is 1. The lowest BCUT2D eigenvalue weighted by Crippen LogP contribution is -2.48. The molecule has 0 aliphatic carbocycles. The zero-order valence-electron chi connectivity index (χ0n) is 10.9. The van der Waals surface area contributed by atoms with Crippen molar-refractivity contribution in [3.05, 3.63) is 35.4 Å². The van der Waals surface area contributed by atoms with E-state index in [2.05, 4.69) is 5.32 Å². The third kappa shape index (κ3) is 2.46. The number of alkyl carbamates (subject to hydrolysis) is 1. The Bertz CT molecular complexity index is 546. The molecule has 3 rings (SSSR count). The molecule has 2 atom stereocenters. The van der Waals surface area contributed by atoms with E-state index < -0.39 is 18.1 Å². The second-order valence-corrected chi connectivity index (χ2v) is 5.16. The Morgan fingerprint density at radius 3 is 2.80 bits per heavy atom. The Balaban J connectivity index is 1.78. The van der Waals surface area contributed by atoms with Crippen molar-refractivity contribution in [3.63, 3.8) is 0 Å². The van der Waals surface area contributed by atoms with Gasteiger partial charge in [0.15, 0.2) is 0 Å². The van der Waals surface area contributed by atoms with Gasteiger partial charge in [-0.1, -0.05) is 24.3 Å². The number of carbonyl (C=O) groups is 2. The van der Waals surface area contributed by atoms with Crippen LogP contribution in [0.2, 0.25) is 0 Å². The third-order valence-electron chi connectivity index (χ3n) is 3.82. The summed E-state index contributed by atoms with van der Waals surface area (Å²) in [5.74, 6) is -0.836. The van der Waals surface area contributed by atoms with Crippen molar-refractivity contribution < 1.29 is 19.4 Å². The molecule has 1 unspecified atom stereocenters. The maximum absolute atomic E-state index is 11.4. The first-order chi connectivity index (χ1) is 9.63. The summed E-state index contributed by atoms with van der Waals surface area (Å²) in [4.78, 5) is 24.4. The fraction of sp³-hybridized carbons (Fsp3) is 0.429. The standard InChI is InChI=1S/C14H16N2O4/c17-13(18)12-5-9-3-1-2-4-10(9)7-16(12)8-11-6-15-14(19)20-11/h1-4,11-12H,5-8H2,(H,15,19)(H,17,18)/t11?,12-/m0/s1. The highest BCUT2D eigenvalue weighted by Crippen LogP contribution is 2.24. The Labute approximate surface area is 116 Å². The molecule has 1 amide bonds. The van der Waals surface area contributed by atoms with Crippen LogP contribution in [0.3, 0.4) is 0 Å². The molecular weight excluding hydrogens is 260 g/mol. The number of nitrogens with zero attached hydrogens (tertiary/aromatic N) is 1. The van der Waals surface area contributed by atoms with Gasteiger partial charge in [0, 0.05) is 13.1 Å². The summed E-state index contributed by atoms with van der Waals surface area (Å²) in [6, 6.07) is 7.30. The molecule has 1 aromatic carbocycles. The number of amides is 1. The van der Waals surface area contributed by atoms with E-state index in [1.54, 1.807) is 0 Å². The van der Waals surface area contributed by atoms with Gasteiger partial charge in [0.1, 0.15) is 12.1 Å². The average molecular weight is 276 g/mol. The van der Waals surface area contributed by atoms with Crippen LogP contribution in [0.25, 0.3) is 0 Å². The number of rotatable bonds is 3. The van der Waals surface area contributed by atoms with E-state index in [-0.39, 0.29) is 6.10 Å². The number of aliphatic carboxylic acids is 1. The molecule has 1 fully saturated rings. The third-order valence-corrected chi connectivity index (χ3v) is 3.82. The predicted octanol–water partition coefficient (Wildman–Crippen LogP) is 0.606. The number of ether oxygens (including phenoxy) is 1. The number of fused-ring (bicyclic) bond motifs is 1. The second kappa shape index (κ2) is 5.13. The Morgan fingerprint density at radius 2 is 2.15 bits per heavy atom. The second-order valence-electron chi connectivity index (χ2n) is 5.16. The van der Waals surface area contributed by atoms with Crippen molar-refractivity contribution in [1.29, 1.82) is 0 Å². The van der Waals surface area contributed by atoms with E-state index in [4.69, 9.17) is 4.74 Å². The number of hydrogen-bond acceptors (Lipinski definition) is 4. The molecule has 0 aromatic heterocycles. The number of carboxylic acid groups (broad SMARTS) is 1. The van der Waals surface area contributed by atoms with Crippen LogP contribution in [-0.4, -0.2) is 47.3 Å². The van der Waals surface area contributed by atoms with Gasteiger partial charge < -0.3 is 15.2 Å². The molecule has 1 saturated heterocycles. The van der Waals surface area contributed by atoms with Crippen LogP contribution in [0.15, 0.2) is 24.3 Å². The van der Waals surface area contributed by atoms with E-state index in [0.29, 0.717) is 26.1 Å². The van der Waals surface area contributed by atoms with E-state index in [1.165, 1.54) is 0 Å². The Kier molecular flexibility index (Phi) is 3.31. The Morgan fingerprint density at radius 1 is 1.40 bits per heavy atom. The molecule has 2 heterocycles. The summed E-state index contributed by atoms with van der Waals surface area (Å²) in [5, 5.41) is 12.0. The molecule has 0 spiro atoms. The van der Waals surface area contributed by atoms with E-state index in [9.17, 15) is 14.7 Å². The summed E-state index contributed by atoms with van der Waals surface area (Å²) in [7, 11) is 0. The monoisotopic (exact) mass is 276 g/mol. The maximum atomic E-state index is 11.4. The van der Waals surface area contributed by atoms with Crippen molar-refractivity contribution in [2.24, 2.45) is 0 Å². The first-order valence-corrected chi connectivity index (χ1v) is 6.61. The highest BCUT2D eigenvalue weighted by atomic mass is 16.6. The molecule has 2 aliphatic rings. The van der Waals surface area contributed by atoms with Crippen LogP contribution >= 0.6 is 0 Å². The van der Waals surface area contributed by atoms with Crippen molar-refractivity contribution in [1.82, 2.24) is 10.2 Å². The SMILES string of the molecule is O=C1NCC(CN2Cc3ccccc3C[C@H]2C(=O)O)O1. The number of carboxylic acids is 1. The van der Waals surface area contributed by atoms with Crippen LogP contribution in [0, 0.1) is 0 Å². The fourth-order valence-corrected chi connectivity index (χ4v) is 2.81. The van der Waals surface area contributed by atoms with Gasteiger partial charge in [0.2, 0.25) is 0 Å². The minimum Gasteiger partial charge on any atom is -0.480 e. The number of nitrogens with one attached hydrogen (secondary N) is 1. The molecule has 6 nitrogen and oxygen atoms in total. The van der Waals surface area contributed by atoms with Crippen molar-refractivity contribution in [3.8, 4) is 0 Å². The van der Waals surface area contributed by atoms with E-state index in [0.717, 1.165) is 11.1 Å². The fourth-order valence-electron chi connectivity index (χ4n) is 2.81. The molecular formula is C14H16N2O4. The predicted molar refractivity (Wildman–Crippen MR) is 70.3 cm³/mol. The molecule has 0 radical (unpaired) electrons. The molecule has 20 heavy (non-hydrogen) atoms. The minimum absolute atomic E-state index is 0.283. The number of benzene rings is 1. The minimum atomic E-state index is -0.836. The van der Waals surface area contributed by atoms with Crippen LogP contribution in [0.1, 0.15) is 11.1 Å². The van der Waals surface area contributed by atoms with E-state index >= 15 is 0 Å². The molecule has 0 saturated carbocycles. The highest BCUT2D eigenvalue weighted by Gasteiger charge is 2.34. The van der Waals surface area contributed by atoms with Crippen LogP contribution in [0.4, 0.5) is 4.79 Å².